The lowest BCUT2D eigenvalue weighted by Gasteiger charge is -2.31. The maximum Gasteiger partial charge on any atom is 0.244 e. The largest absolute Gasteiger partial charge is 0.492 e. The van der Waals surface area contributed by atoms with E-state index in [0.29, 0.717) is 22.9 Å². The van der Waals surface area contributed by atoms with E-state index in [1.54, 1.807) is 62.4 Å². The van der Waals surface area contributed by atoms with Gasteiger partial charge in [-0.25, -0.2) is 8.42 Å². The Bertz CT molecular complexity index is 1060. The fraction of sp³-hybridized carbons (Fsp3) is 0.364. The van der Waals surface area contributed by atoms with Crippen LogP contribution in [0.15, 0.2) is 48.5 Å². The van der Waals surface area contributed by atoms with Crippen molar-refractivity contribution in [1.29, 1.82) is 0 Å². The maximum absolute atomic E-state index is 13.4. The Labute approximate surface area is 194 Å². The summed E-state index contributed by atoms with van der Waals surface area (Å²) in [4.78, 5) is 27.0. The van der Waals surface area contributed by atoms with Gasteiger partial charge in [-0.05, 0) is 43.7 Å². The van der Waals surface area contributed by atoms with Crippen molar-refractivity contribution in [2.45, 2.75) is 26.4 Å². The van der Waals surface area contributed by atoms with Crippen LogP contribution in [0.4, 0.5) is 5.69 Å². The van der Waals surface area contributed by atoms with Crippen LogP contribution in [0.25, 0.3) is 0 Å². The number of benzene rings is 2. The number of carbonyl (C=O) groups excluding carboxylic acids is 2. The zero-order valence-electron chi connectivity index (χ0n) is 18.5. The molecule has 2 aromatic carbocycles. The summed E-state index contributed by atoms with van der Waals surface area (Å²) in [5.41, 5.74) is 0.961. The number of nitrogens with zero attached hydrogens (tertiary/aromatic N) is 2. The lowest BCUT2D eigenvalue weighted by molar-refractivity contribution is -0.139. The Morgan fingerprint density at radius 2 is 1.84 bits per heavy atom. The molecular formula is C22H28ClN3O5S. The van der Waals surface area contributed by atoms with Gasteiger partial charge in [0.2, 0.25) is 21.8 Å². The molecule has 2 aromatic rings. The molecule has 32 heavy (non-hydrogen) atoms. The first kappa shape index (κ1) is 25.5. The summed E-state index contributed by atoms with van der Waals surface area (Å²) in [5.74, 6) is -0.576. The minimum atomic E-state index is -3.83. The van der Waals surface area contributed by atoms with Gasteiger partial charge in [0.15, 0.2) is 0 Å². The van der Waals surface area contributed by atoms with Crippen molar-refractivity contribution in [2.24, 2.45) is 0 Å². The van der Waals surface area contributed by atoms with E-state index in [4.69, 9.17) is 16.3 Å². The second-order valence-electron chi connectivity index (χ2n) is 7.11. The van der Waals surface area contributed by atoms with Crippen LogP contribution in [0.3, 0.4) is 0 Å². The molecule has 8 nitrogen and oxygen atoms in total. The van der Waals surface area contributed by atoms with Crippen molar-refractivity contribution in [3.63, 3.8) is 0 Å². The number of nitrogens with one attached hydrogen (secondary N) is 1. The molecule has 1 atom stereocenters. The average Bonchev–Trinajstić information content (AvgIpc) is 2.74. The summed E-state index contributed by atoms with van der Waals surface area (Å²) in [6.45, 7) is 3.28. The SMILES string of the molecule is CCOc1ccccc1N(CC(=O)N(Cc1cccc(Cl)c1)[C@@H](C)C(=O)NC)S(C)(=O)=O. The molecule has 2 rings (SSSR count). The average molecular weight is 482 g/mol. The molecule has 10 heteroatoms. The molecule has 0 bridgehead atoms. The van der Waals surface area contributed by atoms with E-state index in [1.165, 1.54) is 11.9 Å². The van der Waals surface area contributed by atoms with Crippen molar-refractivity contribution in [3.05, 3.63) is 59.1 Å². The van der Waals surface area contributed by atoms with Gasteiger partial charge in [-0.2, -0.15) is 0 Å². The van der Waals surface area contributed by atoms with Crippen LogP contribution >= 0.6 is 11.6 Å². The summed E-state index contributed by atoms with van der Waals surface area (Å²) in [5, 5.41) is 3.02. The van der Waals surface area contributed by atoms with E-state index in [1.807, 2.05) is 0 Å². The molecule has 0 aliphatic carbocycles. The molecule has 0 aromatic heterocycles. The molecule has 0 spiro atoms. The molecule has 0 unspecified atom stereocenters. The van der Waals surface area contributed by atoms with Crippen molar-refractivity contribution in [1.82, 2.24) is 10.2 Å². The van der Waals surface area contributed by atoms with Crippen LogP contribution in [0.5, 0.6) is 5.75 Å². The molecule has 174 valence electrons. The number of hydrogen-bond donors (Lipinski definition) is 1. The van der Waals surface area contributed by atoms with E-state index in [0.717, 1.165) is 10.6 Å². The zero-order valence-corrected chi connectivity index (χ0v) is 20.1. The predicted molar refractivity (Wildman–Crippen MR) is 125 cm³/mol. The number of halogens is 1. The fourth-order valence-corrected chi connectivity index (χ4v) is 4.23. The van der Waals surface area contributed by atoms with Gasteiger partial charge >= 0.3 is 0 Å². The first-order valence-corrected chi connectivity index (χ1v) is 12.3. The van der Waals surface area contributed by atoms with Crippen molar-refractivity contribution in [3.8, 4) is 5.75 Å². The number of amides is 2. The number of likely N-dealkylation sites (N-methyl/N-ethyl adjacent to an activating group) is 1. The normalized spacial score (nSPS) is 12.0. The van der Waals surface area contributed by atoms with E-state index < -0.39 is 28.5 Å². The molecule has 0 saturated carbocycles. The highest BCUT2D eigenvalue weighted by Crippen LogP contribution is 2.30. The number of hydrogen-bond acceptors (Lipinski definition) is 5. The molecule has 0 heterocycles. The molecule has 1 N–H and O–H groups in total. The first-order valence-electron chi connectivity index (χ1n) is 10.0. The molecule has 0 aliphatic heterocycles. The van der Waals surface area contributed by atoms with Crippen molar-refractivity contribution < 1.29 is 22.7 Å². The Balaban J connectivity index is 2.43. The van der Waals surface area contributed by atoms with Crippen LogP contribution in [0.1, 0.15) is 19.4 Å². The minimum Gasteiger partial charge on any atom is -0.492 e. The molecule has 0 aliphatic rings. The van der Waals surface area contributed by atoms with Gasteiger partial charge in [-0.1, -0.05) is 35.9 Å². The molecular weight excluding hydrogens is 454 g/mol. The number of rotatable bonds is 10. The maximum atomic E-state index is 13.4. The van der Waals surface area contributed by atoms with Gasteiger partial charge in [-0.15, -0.1) is 0 Å². The van der Waals surface area contributed by atoms with E-state index >= 15 is 0 Å². The fourth-order valence-electron chi connectivity index (χ4n) is 3.16. The smallest absolute Gasteiger partial charge is 0.244 e. The Kier molecular flexibility index (Phi) is 8.91. The standard InChI is InChI=1S/C22H28ClN3O5S/c1-5-31-20-12-7-6-11-19(20)26(32(4,29)30)15-21(27)25(16(2)22(28)24-3)14-17-9-8-10-18(23)13-17/h6-13,16H,5,14-15H2,1-4H3,(H,24,28)/t16-/m0/s1. The van der Waals surface area contributed by atoms with E-state index in [9.17, 15) is 18.0 Å². The lowest BCUT2D eigenvalue weighted by atomic mass is 10.1. The Morgan fingerprint density at radius 3 is 2.44 bits per heavy atom. The molecule has 0 saturated heterocycles. The van der Waals surface area contributed by atoms with Crippen LogP contribution in [-0.4, -0.2) is 57.6 Å². The highest BCUT2D eigenvalue weighted by Gasteiger charge is 2.30. The van der Waals surface area contributed by atoms with Crippen molar-refractivity contribution >= 4 is 39.1 Å². The Morgan fingerprint density at radius 1 is 1.16 bits per heavy atom. The highest BCUT2D eigenvalue weighted by atomic mass is 35.5. The van der Waals surface area contributed by atoms with E-state index in [2.05, 4.69) is 5.32 Å². The number of sulfonamides is 1. The summed E-state index contributed by atoms with van der Waals surface area (Å²) in [6.07, 6.45) is 1.02. The second kappa shape index (κ2) is 11.2. The van der Waals surface area contributed by atoms with Gasteiger partial charge in [-0.3, -0.25) is 13.9 Å². The van der Waals surface area contributed by atoms with Gasteiger partial charge in [0.1, 0.15) is 18.3 Å². The van der Waals surface area contributed by atoms with Crippen LogP contribution in [0, 0.1) is 0 Å². The summed E-state index contributed by atoms with van der Waals surface area (Å²) in [7, 11) is -2.36. The topological polar surface area (TPSA) is 96.0 Å². The number of carbonyl (C=O) groups is 2. The predicted octanol–water partition coefficient (Wildman–Crippen LogP) is 2.67. The molecule has 0 radical (unpaired) electrons. The van der Waals surface area contributed by atoms with Gasteiger partial charge in [0.05, 0.1) is 18.6 Å². The van der Waals surface area contributed by atoms with Crippen LogP contribution < -0.4 is 14.4 Å². The van der Waals surface area contributed by atoms with Crippen LogP contribution in [-0.2, 0) is 26.2 Å². The third-order valence-electron chi connectivity index (χ3n) is 4.77. The van der Waals surface area contributed by atoms with Crippen LogP contribution in [0.2, 0.25) is 5.02 Å². The second-order valence-corrected chi connectivity index (χ2v) is 9.46. The minimum absolute atomic E-state index is 0.0820. The lowest BCUT2D eigenvalue weighted by Crippen LogP contribution is -2.50. The van der Waals surface area contributed by atoms with Gasteiger partial charge in [0, 0.05) is 18.6 Å². The quantitative estimate of drug-likeness (QED) is 0.562. The Hall–Kier alpha value is -2.78. The first-order chi connectivity index (χ1) is 15.1. The van der Waals surface area contributed by atoms with Gasteiger partial charge in [0.25, 0.3) is 0 Å². The van der Waals surface area contributed by atoms with Gasteiger partial charge < -0.3 is 15.0 Å². The molecule has 2 amide bonds. The third-order valence-corrected chi connectivity index (χ3v) is 6.13. The zero-order chi connectivity index (χ0) is 23.9. The highest BCUT2D eigenvalue weighted by molar-refractivity contribution is 7.92. The number of para-hydroxylation sites is 2. The van der Waals surface area contributed by atoms with Crippen molar-refractivity contribution in [2.75, 3.05) is 30.8 Å². The monoisotopic (exact) mass is 481 g/mol. The summed E-state index contributed by atoms with van der Waals surface area (Å²) in [6, 6.07) is 12.7. The van der Waals surface area contributed by atoms with E-state index in [-0.39, 0.29) is 18.1 Å². The summed E-state index contributed by atoms with van der Waals surface area (Å²) < 4.78 is 31.8. The summed E-state index contributed by atoms with van der Waals surface area (Å²) >= 11 is 6.06. The molecule has 0 fully saturated rings. The number of ether oxygens (including phenoxy) is 1. The number of anilines is 1. The third kappa shape index (κ3) is 6.61.